The molecule has 1 atom stereocenters. The molecule has 1 amide bonds. The van der Waals surface area contributed by atoms with Crippen LogP contribution in [0.5, 0.6) is 0 Å². The van der Waals surface area contributed by atoms with E-state index < -0.39 is 0 Å². The average molecular weight is 378 g/mol. The molecule has 3 nitrogen and oxygen atoms in total. The molecule has 0 aliphatic rings. The molecule has 0 fully saturated rings. The number of likely N-dealkylation sites (N-methyl/N-ethyl adjacent to an activating group) is 1. The monoisotopic (exact) mass is 376 g/mol. The molecule has 7 heteroatoms. The van der Waals surface area contributed by atoms with Gasteiger partial charge in [0.15, 0.2) is 0 Å². The van der Waals surface area contributed by atoms with Gasteiger partial charge < -0.3 is 5.32 Å². The molecule has 0 saturated heterocycles. The first-order chi connectivity index (χ1) is 10.4. The topological polar surface area (TPSA) is 32.3 Å². The number of anilines is 1. The maximum atomic E-state index is 12.3. The number of thiophene rings is 1. The van der Waals surface area contributed by atoms with Crippen LogP contribution in [0.2, 0.25) is 14.4 Å². The molecule has 0 bridgehead atoms. The van der Waals surface area contributed by atoms with E-state index >= 15 is 0 Å². The van der Waals surface area contributed by atoms with E-state index in [4.69, 9.17) is 34.8 Å². The van der Waals surface area contributed by atoms with Crippen molar-refractivity contribution >= 4 is 57.7 Å². The maximum absolute atomic E-state index is 12.3. The number of nitrogens with zero attached hydrogens (tertiary/aromatic N) is 1. The minimum absolute atomic E-state index is 0.130. The van der Waals surface area contributed by atoms with E-state index in [1.165, 1.54) is 11.3 Å². The van der Waals surface area contributed by atoms with Gasteiger partial charge >= 0.3 is 0 Å². The minimum Gasteiger partial charge on any atom is -0.323 e. The Kier molecular flexibility index (Phi) is 6.12. The number of carbonyl (C=O) groups excluding carboxylic acids is 1. The van der Waals surface area contributed by atoms with Crippen molar-refractivity contribution in [2.75, 3.05) is 12.4 Å². The van der Waals surface area contributed by atoms with Gasteiger partial charge in [0.25, 0.3) is 0 Å². The smallest absolute Gasteiger partial charge is 0.241 e. The average Bonchev–Trinajstić information content (AvgIpc) is 2.86. The summed E-state index contributed by atoms with van der Waals surface area (Å²) in [5.41, 5.74) is 0.551. The molecule has 1 unspecified atom stereocenters. The zero-order chi connectivity index (χ0) is 16.3. The van der Waals surface area contributed by atoms with Gasteiger partial charge in [0.1, 0.15) is 0 Å². The highest BCUT2D eigenvalue weighted by atomic mass is 35.5. The Labute approximate surface area is 148 Å². The molecular formula is C15H15Cl3N2OS. The predicted molar refractivity (Wildman–Crippen MR) is 95.3 cm³/mol. The van der Waals surface area contributed by atoms with Crippen LogP contribution in [0.25, 0.3) is 0 Å². The molecule has 0 radical (unpaired) electrons. The van der Waals surface area contributed by atoms with Gasteiger partial charge in [-0.05, 0) is 44.3 Å². The molecule has 0 aliphatic carbocycles. The summed E-state index contributed by atoms with van der Waals surface area (Å²) in [5.74, 6) is -0.130. The van der Waals surface area contributed by atoms with Crippen LogP contribution in [0.15, 0.2) is 30.3 Å². The Bertz CT molecular complexity index is 675. The van der Waals surface area contributed by atoms with Gasteiger partial charge in [-0.2, -0.15) is 0 Å². The van der Waals surface area contributed by atoms with E-state index in [1.807, 2.05) is 31.0 Å². The molecular weight excluding hydrogens is 363 g/mol. The fourth-order valence-corrected chi connectivity index (χ4v) is 3.45. The zero-order valence-corrected chi connectivity index (χ0v) is 15.2. The number of benzene rings is 1. The van der Waals surface area contributed by atoms with Gasteiger partial charge in [0.2, 0.25) is 5.91 Å². The molecule has 1 aromatic heterocycles. The number of hydrogen-bond donors (Lipinski definition) is 1. The number of hydrogen-bond acceptors (Lipinski definition) is 3. The van der Waals surface area contributed by atoms with Gasteiger partial charge in [-0.3, -0.25) is 9.69 Å². The highest BCUT2D eigenvalue weighted by Crippen LogP contribution is 2.26. The number of halogens is 3. The lowest BCUT2D eigenvalue weighted by atomic mass is 10.2. The lowest BCUT2D eigenvalue weighted by Crippen LogP contribution is -2.39. The van der Waals surface area contributed by atoms with Gasteiger partial charge in [-0.25, -0.2) is 0 Å². The van der Waals surface area contributed by atoms with Crippen LogP contribution >= 0.6 is 46.1 Å². The fraction of sp³-hybridized carbons (Fsp3) is 0.267. The van der Waals surface area contributed by atoms with Crippen molar-refractivity contribution in [2.24, 2.45) is 0 Å². The molecule has 118 valence electrons. The molecule has 0 aliphatic heterocycles. The molecule has 0 saturated carbocycles. The Morgan fingerprint density at radius 2 is 2.00 bits per heavy atom. The van der Waals surface area contributed by atoms with Crippen LogP contribution < -0.4 is 5.32 Å². The van der Waals surface area contributed by atoms with E-state index in [0.29, 0.717) is 22.3 Å². The highest BCUT2D eigenvalue weighted by molar-refractivity contribution is 7.16. The third-order valence-corrected chi connectivity index (χ3v) is 5.03. The van der Waals surface area contributed by atoms with Crippen molar-refractivity contribution in [1.29, 1.82) is 0 Å². The second-order valence-corrected chi connectivity index (χ2v) is 7.55. The van der Waals surface area contributed by atoms with Crippen LogP contribution in [-0.4, -0.2) is 23.9 Å². The van der Waals surface area contributed by atoms with Crippen LogP contribution in [0.3, 0.4) is 0 Å². The maximum Gasteiger partial charge on any atom is 0.241 e. The number of carbonyl (C=O) groups is 1. The van der Waals surface area contributed by atoms with Crippen molar-refractivity contribution < 1.29 is 4.79 Å². The Morgan fingerprint density at radius 1 is 1.27 bits per heavy atom. The van der Waals surface area contributed by atoms with Crippen LogP contribution in [0, 0.1) is 0 Å². The molecule has 1 N–H and O–H groups in total. The van der Waals surface area contributed by atoms with Crippen molar-refractivity contribution in [1.82, 2.24) is 4.90 Å². The van der Waals surface area contributed by atoms with E-state index in [0.717, 1.165) is 9.21 Å². The molecule has 0 spiro atoms. The summed E-state index contributed by atoms with van der Waals surface area (Å²) < 4.78 is 0.744. The lowest BCUT2D eigenvalue weighted by Gasteiger charge is -2.23. The van der Waals surface area contributed by atoms with Gasteiger partial charge in [-0.1, -0.05) is 34.8 Å². The standard InChI is InChI=1S/C15H15Cl3N2OS/c1-9(20(2)8-11-4-6-14(18)22-11)15(21)19-13-5-3-10(16)7-12(13)17/h3-7,9H,8H2,1-2H3,(H,19,21). The van der Waals surface area contributed by atoms with Crippen LogP contribution in [0.1, 0.15) is 11.8 Å². The zero-order valence-electron chi connectivity index (χ0n) is 12.1. The Hall–Kier alpha value is -0.780. The molecule has 2 rings (SSSR count). The molecule has 1 aromatic carbocycles. The fourth-order valence-electron chi connectivity index (χ4n) is 1.85. The Balaban J connectivity index is 1.98. The third kappa shape index (κ3) is 4.61. The number of amides is 1. The molecule has 22 heavy (non-hydrogen) atoms. The first-order valence-corrected chi connectivity index (χ1v) is 8.52. The first-order valence-electron chi connectivity index (χ1n) is 6.57. The summed E-state index contributed by atoms with van der Waals surface area (Å²) >= 11 is 19.3. The summed E-state index contributed by atoms with van der Waals surface area (Å²) in [4.78, 5) is 15.4. The number of nitrogens with one attached hydrogen (secondary N) is 1. The van der Waals surface area contributed by atoms with Crippen molar-refractivity contribution in [2.45, 2.75) is 19.5 Å². The van der Waals surface area contributed by atoms with Crippen LogP contribution in [-0.2, 0) is 11.3 Å². The molecule has 1 heterocycles. The predicted octanol–water partition coefficient (Wildman–Crippen LogP) is 5.17. The van der Waals surface area contributed by atoms with Crippen molar-refractivity contribution in [3.63, 3.8) is 0 Å². The van der Waals surface area contributed by atoms with Gasteiger partial charge in [0.05, 0.1) is 21.1 Å². The van der Waals surface area contributed by atoms with E-state index in [9.17, 15) is 4.79 Å². The SMILES string of the molecule is CC(C(=O)Nc1ccc(Cl)cc1Cl)N(C)Cc1ccc(Cl)s1. The normalized spacial score (nSPS) is 12.5. The van der Waals surface area contributed by atoms with Gasteiger partial charge in [0, 0.05) is 16.4 Å². The highest BCUT2D eigenvalue weighted by Gasteiger charge is 2.19. The summed E-state index contributed by atoms with van der Waals surface area (Å²) in [5, 5.41) is 3.76. The third-order valence-electron chi connectivity index (χ3n) is 3.26. The van der Waals surface area contributed by atoms with Gasteiger partial charge in [-0.15, -0.1) is 11.3 Å². The van der Waals surface area contributed by atoms with E-state index in [-0.39, 0.29) is 11.9 Å². The Morgan fingerprint density at radius 3 is 2.59 bits per heavy atom. The van der Waals surface area contributed by atoms with Crippen LogP contribution in [0.4, 0.5) is 5.69 Å². The largest absolute Gasteiger partial charge is 0.323 e. The van der Waals surface area contributed by atoms with E-state index in [1.54, 1.807) is 18.2 Å². The first kappa shape index (κ1) is 17.6. The van der Waals surface area contributed by atoms with Crippen molar-refractivity contribution in [3.05, 3.63) is 49.6 Å². The molecule has 2 aromatic rings. The second kappa shape index (κ2) is 7.66. The summed E-state index contributed by atoms with van der Waals surface area (Å²) in [6, 6.07) is 8.48. The summed E-state index contributed by atoms with van der Waals surface area (Å²) in [7, 11) is 1.89. The minimum atomic E-state index is -0.312. The second-order valence-electron chi connectivity index (χ2n) is 4.91. The quantitative estimate of drug-likeness (QED) is 0.780. The lowest BCUT2D eigenvalue weighted by molar-refractivity contribution is -0.120. The van der Waals surface area contributed by atoms with Crippen molar-refractivity contribution in [3.8, 4) is 0 Å². The number of rotatable bonds is 5. The van der Waals surface area contributed by atoms with E-state index in [2.05, 4.69) is 5.32 Å². The summed E-state index contributed by atoms with van der Waals surface area (Å²) in [6.45, 7) is 2.49. The summed E-state index contributed by atoms with van der Waals surface area (Å²) in [6.07, 6.45) is 0.